The lowest BCUT2D eigenvalue weighted by atomic mass is 10.1. The molecule has 0 unspecified atom stereocenters. The van der Waals surface area contributed by atoms with Crippen LogP contribution in [0.2, 0.25) is 0 Å². The highest BCUT2D eigenvalue weighted by atomic mass is 32.1. The van der Waals surface area contributed by atoms with Crippen LogP contribution in [0.3, 0.4) is 0 Å². The molecule has 1 aromatic heterocycles. The summed E-state index contributed by atoms with van der Waals surface area (Å²) in [5, 5.41) is 7.46. The Morgan fingerprint density at radius 1 is 1.18 bits per heavy atom. The molecule has 0 radical (unpaired) electrons. The van der Waals surface area contributed by atoms with Crippen molar-refractivity contribution >= 4 is 17.3 Å². The van der Waals surface area contributed by atoms with Crippen LogP contribution in [0.5, 0.6) is 11.5 Å². The van der Waals surface area contributed by atoms with Crippen molar-refractivity contribution in [3.8, 4) is 11.5 Å². The third-order valence-electron chi connectivity index (χ3n) is 3.86. The van der Waals surface area contributed by atoms with E-state index in [1.807, 2.05) is 18.2 Å². The molecule has 0 amide bonds. The van der Waals surface area contributed by atoms with E-state index in [9.17, 15) is 13.2 Å². The molecule has 0 fully saturated rings. The smallest absolute Gasteiger partial charge is 0.434 e. The summed E-state index contributed by atoms with van der Waals surface area (Å²) in [5.74, 6) is 1.88. The van der Waals surface area contributed by atoms with Gasteiger partial charge < -0.3 is 20.1 Å². The van der Waals surface area contributed by atoms with E-state index in [0.717, 1.165) is 35.1 Å². The first kappa shape index (κ1) is 21.8. The monoisotopic (exact) mass is 416 g/mol. The van der Waals surface area contributed by atoms with Crippen LogP contribution in [0.15, 0.2) is 28.6 Å². The van der Waals surface area contributed by atoms with Crippen molar-refractivity contribution in [2.45, 2.75) is 25.6 Å². The van der Waals surface area contributed by atoms with Crippen LogP contribution in [-0.2, 0) is 19.1 Å². The van der Waals surface area contributed by atoms with Crippen molar-refractivity contribution in [1.82, 2.24) is 15.6 Å². The van der Waals surface area contributed by atoms with Gasteiger partial charge in [0.05, 0.1) is 20.8 Å². The molecular formula is C18H23F3N4O2S. The molecule has 0 bridgehead atoms. The van der Waals surface area contributed by atoms with Gasteiger partial charge in [-0.3, -0.25) is 4.99 Å². The fraction of sp³-hybridized carbons (Fsp3) is 0.444. The summed E-state index contributed by atoms with van der Waals surface area (Å²) in [6.07, 6.45) is -2.75. The topological polar surface area (TPSA) is 67.8 Å². The van der Waals surface area contributed by atoms with E-state index in [4.69, 9.17) is 9.47 Å². The molecule has 10 heteroatoms. The van der Waals surface area contributed by atoms with Gasteiger partial charge in [-0.25, -0.2) is 4.98 Å². The fourth-order valence-corrected chi connectivity index (χ4v) is 3.18. The lowest BCUT2D eigenvalue weighted by Gasteiger charge is -2.12. The van der Waals surface area contributed by atoms with Crippen molar-refractivity contribution in [1.29, 1.82) is 0 Å². The molecule has 154 valence electrons. The Bertz CT molecular complexity index is 793. The van der Waals surface area contributed by atoms with Crippen molar-refractivity contribution in [2.24, 2.45) is 4.99 Å². The Morgan fingerprint density at radius 3 is 2.54 bits per heavy atom. The van der Waals surface area contributed by atoms with Gasteiger partial charge in [-0.05, 0) is 30.5 Å². The van der Waals surface area contributed by atoms with E-state index < -0.39 is 11.9 Å². The number of nitrogens with one attached hydrogen (secondary N) is 2. The molecule has 2 N–H and O–H groups in total. The van der Waals surface area contributed by atoms with Crippen LogP contribution in [0, 0.1) is 0 Å². The maximum atomic E-state index is 12.6. The molecule has 1 aromatic carbocycles. The molecule has 0 atom stereocenters. The maximum absolute atomic E-state index is 12.6. The number of halogens is 3. The van der Waals surface area contributed by atoms with E-state index in [1.165, 1.54) is 0 Å². The van der Waals surface area contributed by atoms with E-state index in [-0.39, 0.29) is 6.54 Å². The molecule has 2 aromatic rings. The molecular weight excluding hydrogens is 393 g/mol. The van der Waals surface area contributed by atoms with Crippen LogP contribution >= 0.6 is 11.3 Å². The van der Waals surface area contributed by atoms with Gasteiger partial charge in [-0.2, -0.15) is 13.2 Å². The SMILES string of the molecule is CN=C(NCCCc1ccc(OC)c(OC)c1)NCc1nc(C(F)(F)F)cs1. The number of aliphatic imine (C=N–C) groups is 1. The number of nitrogens with zero attached hydrogens (tertiary/aromatic N) is 2. The normalized spacial score (nSPS) is 12.0. The number of aryl methyl sites for hydroxylation is 1. The Balaban J connectivity index is 1.76. The number of ether oxygens (including phenoxy) is 2. The molecule has 28 heavy (non-hydrogen) atoms. The Labute approximate surface area is 165 Å². The van der Waals surface area contributed by atoms with Crippen LogP contribution in [0.1, 0.15) is 22.7 Å². The third-order valence-corrected chi connectivity index (χ3v) is 4.70. The minimum atomic E-state index is -4.42. The largest absolute Gasteiger partial charge is 0.493 e. The lowest BCUT2D eigenvalue weighted by molar-refractivity contribution is -0.140. The average Bonchev–Trinajstić information content (AvgIpc) is 3.16. The van der Waals surface area contributed by atoms with Crippen LogP contribution in [0.25, 0.3) is 0 Å². The van der Waals surface area contributed by atoms with Gasteiger partial charge in [-0.1, -0.05) is 6.07 Å². The molecule has 1 heterocycles. The first-order valence-electron chi connectivity index (χ1n) is 8.54. The molecule has 0 aliphatic heterocycles. The summed E-state index contributed by atoms with van der Waals surface area (Å²) in [6, 6.07) is 5.78. The van der Waals surface area contributed by atoms with Gasteiger partial charge in [0.25, 0.3) is 0 Å². The number of aromatic nitrogens is 1. The average molecular weight is 416 g/mol. The summed E-state index contributed by atoms with van der Waals surface area (Å²) < 4.78 is 48.2. The number of guanidine groups is 1. The van der Waals surface area contributed by atoms with Crippen LogP contribution in [0.4, 0.5) is 13.2 Å². The van der Waals surface area contributed by atoms with Gasteiger partial charge in [-0.15, -0.1) is 11.3 Å². The number of alkyl halides is 3. The van der Waals surface area contributed by atoms with Crippen molar-refractivity contribution in [2.75, 3.05) is 27.8 Å². The molecule has 0 saturated heterocycles. The van der Waals surface area contributed by atoms with Gasteiger partial charge >= 0.3 is 6.18 Å². The fourth-order valence-electron chi connectivity index (χ4n) is 2.44. The highest BCUT2D eigenvalue weighted by Crippen LogP contribution is 2.30. The summed E-state index contributed by atoms with van der Waals surface area (Å²) in [7, 11) is 4.79. The molecule has 0 spiro atoms. The quantitative estimate of drug-likeness (QED) is 0.392. The van der Waals surface area contributed by atoms with E-state index in [1.54, 1.807) is 21.3 Å². The third kappa shape index (κ3) is 6.29. The van der Waals surface area contributed by atoms with E-state index in [2.05, 4.69) is 20.6 Å². The predicted molar refractivity (Wildman–Crippen MR) is 103 cm³/mol. The van der Waals surface area contributed by atoms with Gasteiger partial charge in [0.1, 0.15) is 5.01 Å². The summed E-state index contributed by atoms with van der Waals surface area (Å²) in [4.78, 5) is 7.65. The summed E-state index contributed by atoms with van der Waals surface area (Å²) in [6.45, 7) is 0.829. The second-order valence-corrected chi connectivity index (χ2v) is 6.71. The number of hydrogen-bond acceptors (Lipinski definition) is 5. The van der Waals surface area contributed by atoms with E-state index in [0.29, 0.717) is 29.0 Å². The molecule has 0 aliphatic carbocycles. The Hall–Kier alpha value is -2.49. The van der Waals surface area contributed by atoms with Crippen LogP contribution < -0.4 is 20.1 Å². The van der Waals surface area contributed by atoms with Crippen molar-refractivity contribution < 1.29 is 22.6 Å². The number of thiazole rings is 1. The molecule has 0 saturated carbocycles. The van der Waals surface area contributed by atoms with Crippen LogP contribution in [-0.4, -0.2) is 38.8 Å². The maximum Gasteiger partial charge on any atom is 0.434 e. The lowest BCUT2D eigenvalue weighted by Crippen LogP contribution is -2.37. The highest BCUT2D eigenvalue weighted by molar-refractivity contribution is 7.09. The Kier molecular flexibility index (Phi) is 7.91. The zero-order chi connectivity index (χ0) is 20.6. The predicted octanol–water partition coefficient (Wildman–Crippen LogP) is 3.48. The molecule has 6 nitrogen and oxygen atoms in total. The second-order valence-electron chi connectivity index (χ2n) is 5.77. The zero-order valence-electron chi connectivity index (χ0n) is 15.9. The summed E-state index contributed by atoms with van der Waals surface area (Å²) in [5.41, 5.74) is 0.247. The Morgan fingerprint density at radius 2 is 1.93 bits per heavy atom. The number of benzene rings is 1. The van der Waals surface area contributed by atoms with Gasteiger partial charge in [0, 0.05) is 19.0 Å². The highest BCUT2D eigenvalue weighted by Gasteiger charge is 2.33. The molecule has 0 aliphatic rings. The standard InChI is InChI=1S/C18H23F3N4O2S/c1-22-17(24-10-16-25-15(11-28-16)18(19,20)21)23-8-4-5-12-6-7-13(26-2)14(9-12)27-3/h6-7,9,11H,4-5,8,10H2,1-3H3,(H2,22,23,24). The minimum absolute atomic E-state index is 0.177. The van der Waals surface area contributed by atoms with Gasteiger partial charge in [0.2, 0.25) is 0 Å². The van der Waals surface area contributed by atoms with Crippen molar-refractivity contribution in [3.05, 3.63) is 39.8 Å². The number of rotatable bonds is 8. The number of methoxy groups -OCH3 is 2. The minimum Gasteiger partial charge on any atom is -0.493 e. The number of hydrogen-bond donors (Lipinski definition) is 2. The molecule has 2 rings (SSSR count). The first-order valence-corrected chi connectivity index (χ1v) is 9.42. The van der Waals surface area contributed by atoms with E-state index >= 15 is 0 Å². The first-order chi connectivity index (χ1) is 13.4. The zero-order valence-corrected chi connectivity index (χ0v) is 16.7. The van der Waals surface area contributed by atoms with Crippen molar-refractivity contribution in [3.63, 3.8) is 0 Å². The second kappa shape index (κ2) is 10.2. The summed E-state index contributed by atoms with van der Waals surface area (Å²) >= 11 is 0.962. The van der Waals surface area contributed by atoms with Gasteiger partial charge in [0.15, 0.2) is 23.2 Å².